The molecule has 0 saturated heterocycles. The van der Waals surface area contributed by atoms with E-state index in [0.717, 1.165) is 15.9 Å². The molecule has 0 aliphatic carbocycles. The maximum absolute atomic E-state index is 11.9. The van der Waals surface area contributed by atoms with Crippen molar-refractivity contribution in [2.75, 3.05) is 53.4 Å². The first kappa shape index (κ1) is 24.3. The summed E-state index contributed by atoms with van der Waals surface area (Å²) in [5, 5.41) is 3.81. The van der Waals surface area contributed by atoms with Gasteiger partial charge in [-0.3, -0.25) is 4.79 Å². The molecule has 0 fully saturated rings. The molecule has 2 aromatic rings. The van der Waals surface area contributed by atoms with Gasteiger partial charge in [-0.2, -0.15) is 0 Å². The number of ether oxygens (including phenoxy) is 5. The second-order valence-electron chi connectivity index (χ2n) is 6.37. The van der Waals surface area contributed by atoms with Crippen LogP contribution in [0.3, 0.4) is 0 Å². The van der Waals surface area contributed by atoms with E-state index in [0.29, 0.717) is 58.4 Å². The molecular formula is C21H28BrNO7. The molecule has 0 saturated carbocycles. The molecule has 0 bridgehead atoms. The topological polar surface area (TPSA) is 89.3 Å². The summed E-state index contributed by atoms with van der Waals surface area (Å²) < 4.78 is 33.0. The SMILES string of the molecule is COC(=O)C(CCOCCOCCOCCOc1ccc(Br)cc1)c1cc(C)no1. The number of rotatable bonds is 15. The highest BCUT2D eigenvalue weighted by Crippen LogP contribution is 2.22. The monoisotopic (exact) mass is 485 g/mol. The van der Waals surface area contributed by atoms with Gasteiger partial charge in [0.1, 0.15) is 18.3 Å². The minimum absolute atomic E-state index is 0.368. The number of nitrogens with zero attached hydrogens (tertiary/aromatic N) is 1. The lowest BCUT2D eigenvalue weighted by Crippen LogP contribution is -2.17. The molecule has 0 radical (unpaired) electrons. The number of carbonyl (C=O) groups is 1. The van der Waals surface area contributed by atoms with Gasteiger partial charge in [-0.05, 0) is 37.6 Å². The average molecular weight is 486 g/mol. The molecule has 1 atom stereocenters. The highest BCUT2D eigenvalue weighted by atomic mass is 79.9. The summed E-state index contributed by atoms with van der Waals surface area (Å²) in [6, 6.07) is 9.38. The zero-order valence-corrected chi connectivity index (χ0v) is 18.9. The van der Waals surface area contributed by atoms with Gasteiger partial charge in [0.25, 0.3) is 0 Å². The summed E-state index contributed by atoms with van der Waals surface area (Å²) in [5.74, 6) is 0.404. The van der Waals surface area contributed by atoms with E-state index in [4.69, 9.17) is 28.2 Å². The molecule has 0 aliphatic rings. The number of methoxy groups -OCH3 is 1. The Morgan fingerprint density at radius 2 is 1.60 bits per heavy atom. The van der Waals surface area contributed by atoms with Crippen LogP contribution in [0, 0.1) is 6.92 Å². The fraction of sp³-hybridized carbons (Fsp3) is 0.524. The van der Waals surface area contributed by atoms with Gasteiger partial charge in [0.2, 0.25) is 0 Å². The molecule has 2 rings (SSSR count). The lowest BCUT2D eigenvalue weighted by atomic mass is 10.0. The molecule has 1 unspecified atom stereocenters. The predicted molar refractivity (Wildman–Crippen MR) is 113 cm³/mol. The molecule has 1 aromatic heterocycles. The Morgan fingerprint density at radius 3 is 2.17 bits per heavy atom. The van der Waals surface area contributed by atoms with Crippen molar-refractivity contribution >= 4 is 21.9 Å². The highest BCUT2D eigenvalue weighted by Gasteiger charge is 2.25. The van der Waals surface area contributed by atoms with Crippen LogP contribution in [0.5, 0.6) is 5.75 Å². The molecule has 8 nitrogen and oxygen atoms in total. The van der Waals surface area contributed by atoms with Crippen molar-refractivity contribution in [3.63, 3.8) is 0 Å². The molecule has 0 spiro atoms. The zero-order chi connectivity index (χ0) is 21.6. The predicted octanol–water partition coefficient (Wildman–Crippen LogP) is 3.52. The number of hydrogen-bond donors (Lipinski definition) is 0. The summed E-state index contributed by atoms with van der Waals surface area (Å²) in [4.78, 5) is 11.9. The van der Waals surface area contributed by atoms with Crippen molar-refractivity contribution in [2.45, 2.75) is 19.3 Å². The van der Waals surface area contributed by atoms with Crippen molar-refractivity contribution in [1.29, 1.82) is 0 Å². The molecule has 0 amide bonds. The first-order valence-electron chi connectivity index (χ1n) is 9.72. The third-order valence-electron chi connectivity index (χ3n) is 4.08. The van der Waals surface area contributed by atoms with Gasteiger partial charge in [-0.15, -0.1) is 0 Å². The van der Waals surface area contributed by atoms with Crippen molar-refractivity contribution in [3.8, 4) is 5.75 Å². The van der Waals surface area contributed by atoms with Crippen LogP contribution in [0.4, 0.5) is 0 Å². The van der Waals surface area contributed by atoms with Gasteiger partial charge < -0.3 is 28.2 Å². The second-order valence-corrected chi connectivity index (χ2v) is 7.29. The maximum Gasteiger partial charge on any atom is 0.316 e. The number of aromatic nitrogens is 1. The van der Waals surface area contributed by atoms with Crippen LogP contribution < -0.4 is 4.74 Å². The average Bonchev–Trinajstić information content (AvgIpc) is 3.18. The molecule has 1 heterocycles. The molecule has 0 aliphatic heterocycles. The summed E-state index contributed by atoms with van der Waals surface area (Å²) in [7, 11) is 1.35. The van der Waals surface area contributed by atoms with Crippen molar-refractivity contribution in [2.24, 2.45) is 0 Å². The Bertz CT molecular complexity index is 735. The normalized spacial score (nSPS) is 12.0. The number of esters is 1. The van der Waals surface area contributed by atoms with Crippen LogP contribution in [-0.2, 0) is 23.7 Å². The lowest BCUT2D eigenvalue weighted by molar-refractivity contribution is -0.143. The first-order valence-corrected chi connectivity index (χ1v) is 10.5. The van der Waals surface area contributed by atoms with E-state index < -0.39 is 5.92 Å². The fourth-order valence-corrected chi connectivity index (χ4v) is 2.82. The summed E-state index contributed by atoms with van der Waals surface area (Å²) in [5.41, 5.74) is 0.718. The third kappa shape index (κ3) is 9.25. The van der Waals surface area contributed by atoms with Crippen molar-refractivity contribution < 1.29 is 33.0 Å². The number of aryl methyl sites for hydroxylation is 1. The second kappa shape index (κ2) is 14.1. The van der Waals surface area contributed by atoms with E-state index in [1.165, 1.54) is 7.11 Å². The van der Waals surface area contributed by atoms with E-state index in [2.05, 4.69) is 21.1 Å². The number of benzene rings is 1. The number of halogens is 1. The first-order chi connectivity index (χ1) is 14.6. The van der Waals surface area contributed by atoms with Crippen LogP contribution >= 0.6 is 15.9 Å². The zero-order valence-electron chi connectivity index (χ0n) is 17.3. The Labute approximate surface area is 184 Å². The van der Waals surface area contributed by atoms with Gasteiger partial charge >= 0.3 is 5.97 Å². The van der Waals surface area contributed by atoms with E-state index >= 15 is 0 Å². The Hall–Kier alpha value is -1.94. The lowest BCUT2D eigenvalue weighted by Gasteiger charge is -2.12. The van der Waals surface area contributed by atoms with Crippen LogP contribution in [-0.4, -0.2) is 64.5 Å². The molecular weight excluding hydrogens is 458 g/mol. The maximum atomic E-state index is 11.9. The smallest absolute Gasteiger partial charge is 0.316 e. The quantitative estimate of drug-likeness (QED) is 0.279. The molecule has 9 heteroatoms. The summed E-state index contributed by atoms with van der Waals surface area (Å²) >= 11 is 3.38. The Balaban J connectivity index is 1.44. The van der Waals surface area contributed by atoms with Crippen LogP contribution in [0.2, 0.25) is 0 Å². The molecule has 1 aromatic carbocycles. The van der Waals surface area contributed by atoms with Gasteiger partial charge in [0.05, 0.1) is 45.8 Å². The van der Waals surface area contributed by atoms with E-state index in [1.807, 2.05) is 24.3 Å². The van der Waals surface area contributed by atoms with Gasteiger partial charge in [-0.1, -0.05) is 21.1 Å². The largest absolute Gasteiger partial charge is 0.491 e. The summed E-state index contributed by atoms with van der Waals surface area (Å²) in [6.07, 6.45) is 0.447. The highest BCUT2D eigenvalue weighted by molar-refractivity contribution is 9.10. The molecule has 0 N–H and O–H groups in total. The van der Waals surface area contributed by atoms with Gasteiger partial charge in [0, 0.05) is 17.1 Å². The van der Waals surface area contributed by atoms with Gasteiger partial charge in [0.15, 0.2) is 5.76 Å². The Kier molecular flexibility index (Phi) is 11.5. The molecule has 30 heavy (non-hydrogen) atoms. The van der Waals surface area contributed by atoms with Crippen molar-refractivity contribution in [3.05, 3.63) is 46.3 Å². The minimum atomic E-state index is -0.523. The van der Waals surface area contributed by atoms with Crippen LogP contribution in [0.25, 0.3) is 0 Å². The van der Waals surface area contributed by atoms with E-state index in [-0.39, 0.29) is 5.97 Å². The van der Waals surface area contributed by atoms with E-state index in [9.17, 15) is 4.79 Å². The number of carbonyl (C=O) groups excluding carboxylic acids is 1. The van der Waals surface area contributed by atoms with E-state index in [1.54, 1.807) is 13.0 Å². The van der Waals surface area contributed by atoms with Crippen LogP contribution in [0.15, 0.2) is 39.3 Å². The third-order valence-corrected chi connectivity index (χ3v) is 4.61. The molecule has 166 valence electrons. The summed E-state index contributed by atoms with van der Waals surface area (Å²) in [6.45, 7) is 4.99. The van der Waals surface area contributed by atoms with Crippen molar-refractivity contribution in [1.82, 2.24) is 5.16 Å². The van der Waals surface area contributed by atoms with Gasteiger partial charge in [-0.25, -0.2) is 0 Å². The Morgan fingerprint density at radius 1 is 1.00 bits per heavy atom. The van der Waals surface area contributed by atoms with Crippen LogP contribution in [0.1, 0.15) is 23.8 Å². The fourth-order valence-electron chi connectivity index (χ4n) is 2.56. The standard InChI is InChI=1S/C21H28BrNO7/c1-16-15-20(30-23-16)19(21(24)25-2)7-8-26-9-10-27-11-12-28-13-14-29-18-5-3-17(22)4-6-18/h3-6,15,19H,7-14H2,1-2H3. The minimum Gasteiger partial charge on any atom is -0.491 e. The number of hydrogen-bond acceptors (Lipinski definition) is 8.